The van der Waals surface area contributed by atoms with Crippen molar-refractivity contribution < 1.29 is 4.79 Å². The van der Waals surface area contributed by atoms with Crippen molar-refractivity contribution in [1.82, 2.24) is 15.1 Å². The van der Waals surface area contributed by atoms with Gasteiger partial charge in [0, 0.05) is 31.1 Å². The van der Waals surface area contributed by atoms with E-state index < -0.39 is 0 Å². The Balaban J connectivity index is 1.68. The van der Waals surface area contributed by atoms with Crippen LogP contribution in [0.25, 0.3) is 0 Å². The molecule has 2 aliphatic rings. The van der Waals surface area contributed by atoms with Crippen LogP contribution in [0, 0.1) is 11.3 Å². The summed E-state index contributed by atoms with van der Waals surface area (Å²) >= 11 is 0. The Bertz CT molecular complexity index is 340. The minimum Gasteiger partial charge on any atom is -0.340 e. The van der Waals surface area contributed by atoms with Crippen LogP contribution in [0.4, 0.5) is 0 Å². The molecule has 122 valence electrons. The maximum Gasteiger partial charge on any atom is 0.236 e. The van der Waals surface area contributed by atoms with Gasteiger partial charge in [-0.15, -0.1) is 0 Å². The molecular formula is C17H33N3O. The smallest absolute Gasteiger partial charge is 0.236 e. The molecule has 4 heteroatoms. The molecule has 0 aliphatic carbocycles. The molecule has 2 fully saturated rings. The van der Waals surface area contributed by atoms with Gasteiger partial charge in [-0.05, 0) is 45.2 Å². The number of piperidine rings is 1. The Labute approximate surface area is 130 Å². The van der Waals surface area contributed by atoms with Crippen LogP contribution >= 0.6 is 0 Å². The number of carbonyl (C=O) groups is 1. The van der Waals surface area contributed by atoms with Gasteiger partial charge < -0.3 is 15.1 Å². The Hall–Kier alpha value is -0.610. The first-order valence-electron chi connectivity index (χ1n) is 8.67. The number of nitrogens with zero attached hydrogens (tertiary/aromatic N) is 2. The first-order chi connectivity index (χ1) is 9.94. The van der Waals surface area contributed by atoms with E-state index in [9.17, 15) is 4.79 Å². The fourth-order valence-electron chi connectivity index (χ4n) is 3.50. The molecule has 0 radical (unpaired) electrons. The summed E-state index contributed by atoms with van der Waals surface area (Å²) in [5, 5.41) is 3.30. The van der Waals surface area contributed by atoms with Crippen LogP contribution < -0.4 is 5.32 Å². The summed E-state index contributed by atoms with van der Waals surface area (Å²) in [5.41, 5.74) is 0.444. The summed E-state index contributed by atoms with van der Waals surface area (Å²) < 4.78 is 0. The molecule has 0 aromatic rings. The summed E-state index contributed by atoms with van der Waals surface area (Å²) in [7, 11) is 0. The fraction of sp³-hybridized carbons (Fsp3) is 0.941. The highest BCUT2D eigenvalue weighted by Crippen LogP contribution is 2.40. The van der Waals surface area contributed by atoms with Crippen molar-refractivity contribution in [2.75, 3.05) is 39.3 Å². The molecule has 2 aliphatic heterocycles. The van der Waals surface area contributed by atoms with Crippen molar-refractivity contribution in [2.45, 2.75) is 53.0 Å². The van der Waals surface area contributed by atoms with Gasteiger partial charge in [-0.2, -0.15) is 0 Å². The zero-order valence-corrected chi connectivity index (χ0v) is 14.3. The van der Waals surface area contributed by atoms with Crippen LogP contribution in [-0.2, 0) is 4.79 Å². The van der Waals surface area contributed by atoms with E-state index in [1.807, 2.05) is 4.90 Å². The van der Waals surface area contributed by atoms with Gasteiger partial charge in [-0.25, -0.2) is 0 Å². The van der Waals surface area contributed by atoms with Crippen molar-refractivity contribution in [3.63, 3.8) is 0 Å². The molecule has 2 rings (SSSR count). The predicted octanol–water partition coefficient (Wildman–Crippen LogP) is 1.95. The third kappa shape index (κ3) is 4.43. The topological polar surface area (TPSA) is 35.6 Å². The van der Waals surface area contributed by atoms with E-state index in [2.05, 4.69) is 37.9 Å². The largest absolute Gasteiger partial charge is 0.340 e. The van der Waals surface area contributed by atoms with E-state index in [1.165, 1.54) is 32.5 Å². The second-order valence-electron chi connectivity index (χ2n) is 7.63. The minimum absolute atomic E-state index is 0.283. The quantitative estimate of drug-likeness (QED) is 0.813. The lowest BCUT2D eigenvalue weighted by Crippen LogP contribution is -2.63. The number of nitrogens with one attached hydrogen (secondary N) is 1. The van der Waals surface area contributed by atoms with Crippen molar-refractivity contribution >= 4 is 5.91 Å². The summed E-state index contributed by atoms with van der Waals surface area (Å²) in [5.74, 6) is 1.04. The van der Waals surface area contributed by atoms with E-state index in [0.717, 1.165) is 25.4 Å². The molecule has 1 amide bonds. The van der Waals surface area contributed by atoms with Gasteiger partial charge in [0.05, 0.1) is 6.54 Å². The second kappa shape index (κ2) is 7.10. The number of amides is 1. The lowest BCUT2D eigenvalue weighted by atomic mass is 9.72. The van der Waals surface area contributed by atoms with Crippen molar-refractivity contribution in [2.24, 2.45) is 11.3 Å². The average molecular weight is 295 g/mol. The average Bonchev–Trinajstić information content (AvgIpc) is 2.42. The maximum atomic E-state index is 12.1. The maximum absolute atomic E-state index is 12.1. The van der Waals surface area contributed by atoms with Crippen molar-refractivity contribution in [1.29, 1.82) is 0 Å². The molecule has 1 atom stereocenters. The van der Waals surface area contributed by atoms with Crippen LogP contribution in [0.2, 0.25) is 0 Å². The molecule has 0 bridgehead atoms. The SMILES string of the molecule is CCC(C)NCC(=O)N1CC2(CCN(CC(C)C)CC2)C1. The lowest BCUT2D eigenvalue weighted by Gasteiger charge is -2.54. The van der Waals surface area contributed by atoms with E-state index in [-0.39, 0.29) is 5.91 Å². The minimum atomic E-state index is 0.283. The third-order valence-corrected chi connectivity index (χ3v) is 5.16. The molecule has 0 aromatic carbocycles. The Morgan fingerprint density at radius 1 is 1.19 bits per heavy atom. The first kappa shape index (κ1) is 16.8. The van der Waals surface area contributed by atoms with E-state index >= 15 is 0 Å². The Kier molecular flexibility index (Phi) is 5.67. The van der Waals surface area contributed by atoms with Gasteiger partial charge in [-0.3, -0.25) is 4.79 Å². The molecule has 1 unspecified atom stereocenters. The van der Waals surface area contributed by atoms with Crippen LogP contribution in [0.5, 0.6) is 0 Å². The molecule has 0 aromatic heterocycles. The van der Waals surface area contributed by atoms with Gasteiger partial charge >= 0.3 is 0 Å². The normalized spacial score (nSPS) is 23.4. The Morgan fingerprint density at radius 3 is 2.33 bits per heavy atom. The van der Waals surface area contributed by atoms with E-state index in [4.69, 9.17) is 0 Å². The van der Waals surface area contributed by atoms with Crippen LogP contribution in [-0.4, -0.2) is 61.0 Å². The van der Waals surface area contributed by atoms with E-state index in [1.54, 1.807) is 0 Å². The van der Waals surface area contributed by atoms with Crippen molar-refractivity contribution in [3.8, 4) is 0 Å². The first-order valence-corrected chi connectivity index (χ1v) is 8.67. The molecule has 1 N–H and O–H groups in total. The number of rotatable bonds is 6. The molecule has 2 saturated heterocycles. The van der Waals surface area contributed by atoms with E-state index in [0.29, 0.717) is 18.0 Å². The number of hydrogen-bond donors (Lipinski definition) is 1. The Morgan fingerprint density at radius 2 is 1.81 bits per heavy atom. The van der Waals surface area contributed by atoms with Gasteiger partial charge in [0.2, 0.25) is 5.91 Å². The summed E-state index contributed by atoms with van der Waals surface area (Å²) in [6.45, 7) is 15.0. The molecule has 2 heterocycles. The number of likely N-dealkylation sites (tertiary alicyclic amines) is 2. The van der Waals surface area contributed by atoms with Crippen molar-refractivity contribution in [3.05, 3.63) is 0 Å². The molecule has 1 spiro atoms. The standard InChI is InChI=1S/C17H33N3O/c1-5-15(4)18-10-16(21)20-12-17(13-20)6-8-19(9-7-17)11-14(2)3/h14-15,18H,5-13H2,1-4H3. The summed E-state index contributed by atoms with van der Waals surface area (Å²) in [6, 6.07) is 0.434. The highest BCUT2D eigenvalue weighted by molar-refractivity contribution is 5.79. The number of carbonyl (C=O) groups excluding carboxylic acids is 1. The molecular weight excluding hydrogens is 262 g/mol. The van der Waals surface area contributed by atoms with Gasteiger partial charge in [-0.1, -0.05) is 20.8 Å². The van der Waals surface area contributed by atoms with Crippen LogP contribution in [0.15, 0.2) is 0 Å². The fourth-order valence-corrected chi connectivity index (χ4v) is 3.50. The summed E-state index contributed by atoms with van der Waals surface area (Å²) in [4.78, 5) is 16.8. The summed E-state index contributed by atoms with van der Waals surface area (Å²) in [6.07, 6.45) is 3.60. The lowest BCUT2D eigenvalue weighted by molar-refractivity contribution is -0.146. The molecule has 4 nitrogen and oxygen atoms in total. The molecule has 0 saturated carbocycles. The predicted molar refractivity (Wildman–Crippen MR) is 87.3 cm³/mol. The number of hydrogen-bond acceptors (Lipinski definition) is 3. The van der Waals surface area contributed by atoms with Gasteiger partial charge in [0.25, 0.3) is 0 Å². The van der Waals surface area contributed by atoms with Crippen LogP contribution in [0.3, 0.4) is 0 Å². The zero-order valence-electron chi connectivity index (χ0n) is 14.3. The second-order valence-corrected chi connectivity index (χ2v) is 7.63. The van der Waals surface area contributed by atoms with Gasteiger partial charge in [0.15, 0.2) is 0 Å². The zero-order chi connectivity index (χ0) is 15.5. The molecule has 21 heavy (non-hydrogen) atoms. The van der Waals surface area contributed by atoms with Crippen LogP contribution in [0.1, 0.15) is 47.0 Å². The highest BCUT2D eigenvalue weighted by atomic mass is 16.2. The third-order valence-electron chi connectivity index (χ3n) is 5.16. The monoisotopic (exact) mass is 295 g/mol. The van der Waals surface area contributed by atoms with Gasteiger partial charge in [0.1, 0.15) is 0 Å². The highest BCUT2D eigenvalue weighted by Gasteiger charge is 2.46.